The quantitative estimate of drug-likeness (QED) is 0.0995. The molecule has 3 heterocycles. The van der Waals surface area contributed by atoms with Gasteiger partial charge in [0.05, 0.1) is 42.4 Å². The number of nitrogens with one attached hydrogen (secondary N) is 1. The van der Waals surface area contributed by atoms with Gasteiger partial charge in [0.2, 0.25) is 10.0 Å². The van der Waals surface area contributed by atoms with E-state index in [4.69, 9.17) is 26.2 Å². The van der Waals surface area contributed by atoms with Gasteiger partial charge in [-0.25, -0.2) is 18.4 Å². The molecule has 1 spiro atoms. The first-order chi connectivity index (χ1) is 29.2. The second-order valence-corrected chi connectivity index (χ2v) is 21.5. The van der Waals surface area contributed by atoms with E-state index in [1.807, 2.05) is 13.0 Å². The highest BCUT2D eigenvalue weighted by atomic mass is 127. The molecule has 61 heavy (non-hydrogen) atoms. The molecule has 0 bridgehead atoms. The first-order valence-electron chi connectivity index (χ1n) is 22.3. The maximum atomic E-state index is 11.7. The number of ether oxygens (including phenoxy) is 2. The highest BCUT2D eigenvalue weighted by Gasteiger charge is 2.44. The van der Waals surface area contributed by atoms with Crippen molar-refractivity contribution in [1.82, 2.24) is 10.2 Å². The fourth-order valence-electron chi connectivity index (χ4n) is 9.80. The van der Waals surface area contributed by atoms with Crippen LogP contribution in [0, 0.1) is 23.7 Å². The first kappa shape index (κ1) is 49.8. The predicted molar refractivity (Wildman–Crippen MR) is 256 cm³/mol. The van der Waals surface area contributed by atoms with Crippen LogP contribution in [0.1, 0.15) is 93.1 Å². The van der Waals surface area contributed by atoms with Gasteiger partial charge in [-0.3, -0.25) is 4.90 Å². The summed E-state index contributed by atoms with van der Waals surface area (Å²) in [6.07, 6.45) is 13.0. The standard InChI is InChI=1S/C27H30ClNO4.C11H21NO2S.C7H14N2O.C2H5I/c1-2-24(30)21-8-5-19(21)14-29-15-27(11-3-4-17-12-20(28)7-9-22(17)27)16-33-25-10-6-18(26(31)32)13-23(25)29;1-3-5-9(2)11(15(12,13)14)8-10-6-4-7-10;1-2-9-3-4-10-6-7(9)5-8-1;1-2-3/h2,6-7,9-10,12-13,19,21,24,30H,1,3-5,8,11,14-16H2,(H,31,32);3,9-11H,1,4-8H2,2H3,(H2,12,13,14);7-8H,1-6H2;2H2,1H3/t19-,21+,24-,27-;9-,11?;7-;/m000./s1. The monoisotopic (exact) mass is 996 g/mol. The number of primary sulfonamides is 1. The number of fused-ring (bicyclic) bond motifs is 4. The number of hydrogen-bond donors (Lipinski definition) is 4. The number of hydrogen-bond acceptors (Lipinski definition) is 9. The number of nitrogens with two attached hydrogens (primary N) is 1. The molecule has 5 N–H and O–H groups in total. The van der Waals surface area contributed by atoms with Crippen LogP contribution in [0.15, 0.2) is 61.7 Å². The van der Waals surface area contributed by atoms with Crippen molar-refractivity contribution in [2.24, 2.45) is 28.8 Å². The summed E-state index contributed by atoms with van der Waals surface area (Å²) in [5.74, 6) is 0.934. The molecule has 6 aliphatic rings. The van der Waals surface area contributed by atoms with Crippen molar-refractivity contribution in [3.8, 4) is 5.75 Å². The normalized spacial score (nSPS) is 26.0. The lowest BCUT2D eigenvalue weighted by molar-refractivity contribution is -0.0168. The molecule has 0 amide bonds. The molecule has 14 heteroatoms. The number of anilines is 1. The van der Waals surface area contributed by atoms with Crippen molar-refractivity contribution in [2.45, 2.75) is 101 Å². The Bertz CT molecular complexity index is 1840. The number of nitrogens with zero attached hydrogens (tertiary/aromatic N) is 2. The van der Waals surface area contributed by atoms with Gasteiger partial charge in [-0.1, -0.05) is 85.5 Å². The molecule has 2 aromatic carbocycles. The van der Waals surface area contributed by atoms with Crippen molar-refractivity contribution >= 4 is 55.9 Å². The molecule has 8 rings (SSSR count). The van der Waals surface area contributed by atoms with E-state index < -0.39 is 22.1 Å². The first-order valence-corrected chi connectivity index (χ1v) is 25.8. The Kier molecular flexibility index (Phi) is 19.3. The van der Waals surface area contributed by atoms with Crippen LogP contribution >= 0.6 is 34.2 Å². The number of sulfonamides is 1. The summed E-state index contributed by atoms with van der Waals surface area (Å²) in [5, 5.41) is 29.0. The largest absolute Gasteiger partial charge is 0.490 e. The number of carboxylic acid groups (broad SMARTS) is 1. The summed E-state index contributed by atoms with van der Waals surface area (Å²) in [6.45, 7) is 19.9. The predicted octanol–water partition coefficient (Wildman–Crippen LogP) is 7.86. The number of piperazine rings is 1. The third-order valence-electron chi connectivity index (χ3n) is 13.6. The molecule has 4 fully saturated rings. The zero-order valence-corrected chi connectivity index (χ0v) is 40.0. The smallest absolute Gasteiger partial charge is 0.335 e. The van der Waals surface area contributed by atoms with E-state index in [1.54, 1.807) is 30.4 Å². The van der Waals surface area contributed by atoms with Gasteiger partial charge in [0.25, 0.3) is 0 Å². The third-order valence-corrected chi connectivity index (χ3v) is 15.3. The molecule has 7 atom stereocenters. The summed E-state index contributed by atoms with van der Waals surface area (Å²) in [7, 11) is -3.41. The lowest BCUT2D eigenvalue weighted by Crippen LogP contribution is -2.56. The van der Waals surface area contributed by atoms with E-state index in [-0.39, 0.29) is 28.1 Å². The van der Waals surface area contributed by atoms with Crippen molar-refractivity contribution in [1.29, 1.82) is 0 Å². The number of benzene rings is 2. The molecule has 2 saturated heterocycles. The molecule has 0 radical (unpaired) electrons. The maximum absolute atomic E-state index is 11.7. The summed E-state index contributed by atoms with van der Waals surface area (Å²) in [4.78, 5) is 16.5. The third kappa shape index (κ3) is 13.4. The average Bonchev–Trinajstić information content (AvgIpc) is 3.36. The molecular weight excluding hydrogens is 927 g/mol. The van der Waals surface area contributed by atoms with E-state index in [1.165, 1.54) is 28.5 Å². The highest BCUT2D eigenvalue weighted by molar-refractivity contribution is 14.1. The van der Waals surface area contributed by atoms with Crippen molar-refractivity contribution in [3.63, 3.8) is 0 Å². The Morgan fingerprint density at radius 2 is 1.92 bits per heavy atom. The molecule has 2 saturated carbocycles. The Balaban J connectivity index is 0.000000206. The van der Waals surface area contributed by atoms with Crippen LogP contribution in [0.5, 0.6) is 5.75 Å². The number of alkyl halides is 1. The molecule has 0 aromatic heterocycles. The van der Waals surface area contributed by atoms with E-state index in [0.29, 0.717) is 30.9 Å². The van der Waals surface area contributed by atoms with Crippen molar-refractivity contribution < 1.29 is 32.9 Å². The molecule has 11 nitrogen and oxygen atoms in total. The van der Waals surface area contributed by atoms with Gasteiger partial charge in [-0.2, -0.15) is 0 Å². The average molecular weight is 998 g/mol. The Labute approximate surface area is 384 Å². The molecule has 1 unspecified atom stereocenters. The summed E-state index contributed by atoms with van der Waals surface area (Å²) in [5.41, 5.74) is 3.44. The van der Waals surface area contributed by atoms with Crippen molar-refractivity contribution in [2.75, 3.05) is 68.4 Å². The lowest BCUT2D eigenvalue weighted by atomic mass is 9.68. The molecular formula is C47H70ClIN4O7S. The molecule has 3 aliphatic heterocycles. The fraction of sp³-hybridized carbons (Fsp3) is 0.638. The van der Waals surface area contributed by atoms with Crippen LogP contribution < -0.4 is 20.1 Å². The van der Waals surface area contributed by atoms with Crippen LogP contribution in [0.4, 0.5) is 5.69 Å². The van der Waals surface area contributed by atoms with Crippen LogP contribution in [0.3, 0.4) is 0 Å². The van der Waals surface area contributed by atoms with Gasteiger partial charge < -0.3 is 29.9 Å². The van der Waals surface area contributed by atoms with Gasteiger partial charge >= 0.3 is 5.97 Å². The number of aromatic carboxylic acids is 1. The van der Waals surface area contributed by atoms with E-state index in [9.17, 15) is 23.4 Å². The van der Waals surface area contributed by atoms with Crippen LogP contribution in [-0.4, -0.2) is 110 Å². The number of carboxylic acids is 1. The number of aliphatic hydroxyl groups is 1. The number of halogens is 2. The van der Waals surface area contributed by atoms with E-state index >= 15 is 0 Å². The fourth-order valence-corrected chi connectivity index (χ4v) is 11.3. The number of aliphatic hydroxyl groups excluding tert-OH is 1. The van der Waals surface area contributed by atoms with Gasteiger partial charge in [0.1, 0.15) is 5.75 Å². The van der Waals surface area contributed by atoms with Crippen molar-refractivity contribution in [3.05, 3.63) is 83.4 Å². The number of allylic oxidation sites excluding steroid dienone is 1. The number of carbonyl (C=O) groups is 1. The summed E-state index contributed by atoms with van der Waals surface area (Å²) >= 11 is 8.60. The minimum Gasteiger partial charge on any atom is -0.490 e. The van der Waals surface area contributed by atoms with Crippen LogP contribution in [0.2, 0.25) is 5.02 Å². The molecule has 2 aromatic rings. The van der Waals surface area contributed by atoms with Crippen LogP contribution in [-0.2, 0) is 26.6 Å². The minimum atomic E-state index is -3.41. The topological polar surface area (TPSA) is 155 Å². The summed E-state index contributed by atoms with van der Waals surface area (Å²) in [6, 6.07) is 12.0. The summed E-state index contributed by atoms with van der Waals surface area (Å²) < 4.78 is 35.9. The Hall–Kier alpha value is -2.24. The Morgan fingerprint density at radius 1 is 1.15 bits per heavy atom. The Morgan fingerprint density at radius 3 is 2.54 bits per heavy atom. The lowest BCUT2D eigenvalue weighted by Gasteiger charge is -2.45. The van der Waals surface area contributed by atoms with Gasteiger partial charge in [-0.15, -0.1) is 13.2 Å². The van der Waals surface area contributed by atoms with E-state index in [2.05, 4.69) is 69.9 Å². The zero-order valence-electron chi connectivity index (χ0n) is 36.3. The second kappa shape index (κ2) is 23.6. The van der Waals surface area contributed by atoms with Crippen LogP contribution in [0.25, 0.3) is 0 Å². The second-order valence-electron chi connectivity index (χ2n) is 17.7. The number of rotatable bonds is 11. The van der Waals surface area contributed by atoms with Gasteiger partial charge in [0.15, 0.2) is 0 Å². The highest BCUT2D eigenvalue weighted by Crippen LogP contribution is 2.46. The zero-order chi connectivity index (χ0) is 44.2. The number of aryl methyl sites for hydroxylation is 1. The number of morpholine rings is 1. The van der Waals surface area contributed by atoms with Gasteiger partial charge in [0, 0.05) is 55.7 Å². The molecule has 3 aliphatic carbocycles. The van der Waals surface area contributed by atoms with E-state index in [0.717, 1.165) is 114 Å². The SMILES string of the molecule is C1CN2CCOC[C@@H]2CN1.C=CC[C@H](C)C(CC1CCC1)S(N)(=O)=O.C=C[C@H](O)[C@@H]1CC[C@H]1CN1C[C@@]2(CCCc3cc(Cl)ccc32)COc2ccc(C(=O)O)cc21.CCI. The minimum absolute atomic E-state index is 0.0816. The van der Waals surface area contributed by atoms with Gasteiger partial charge in [-0.05, 0) is 115 Å². The maximum Gasteiger partial charge on any atom is 0.335 e. The molecule has 340 valence electrons.